The molecular formula is C40H46N6O6S2. The van der Waals surface area contributed by atoms with Crippen molar-refractivity contribution in [2.45, 2.75) is 84.2 Å². The van der Waals surface area contributed by atoms with Gasteiger partial charge in [-0.25, -0.2) is 14.3 Å². The van der Waals surface area contributed by atoms with Gasteiger partial charge in [0, 0.05) is 27.3 Å². The summed E-state index contributed by atoms with van der Waals surface area (Å²) in [7, 11) is 0. The molecule has 54 heavy (non-hydrogen) atoms. The van der Waals surface area contributed by atoms with E-state index >= 15 is 0 Å². The molecule has 0 saturated carbocycles. The maximum Gasteiger partial charge on any atom is 0.206 e. The minimum absolute atomic E-state index is 0.0444. The number of fused-ring (bicyclic) bond motifs is 1. The second kappa shape index (κ2) is 15.6. The van der Waals surface area contributed by atoms with Gasteiger partial charge in [0.1, 0.15) is 0 Å². The summed E-state index contributed by atoms with van der Waals surface area (Å²) in [5.41, 5.74) is 4.38. The molecule has 0 fully saturated rings. The summed E-state index contributed by atoms with van der Waals surface area (Å²) < 4.78 is 3.54. The van der Waals surface area contributed by atoms with Gasteiger partial charge in [0.2, 0.25) is 21.1 Å². The zero-order valence-corrected chi connectivity index (χ0v) is 32.7. The van der Waals surface area contributed by atoms with Crippen molar-refractivity contribution >= 4 is 35.1 Å². The van der Waals surface area contributed by atoms with Crippen molar-refractivity contribution in [2.24, 2.45) is 26.1 Å². The normalized spacial score (nSPS) is 17.6. The molecule has 0 bridgehead atoms. The number of aryl methyl sites for hydroxylation is 1. The Balaban J connectivity index is 1.32. The van der Waals surface area contributed by atoms with Gasteiger partial charge in [0.25, 0.3) is 0 Å². The molecule has 5 aromatic rings. The smallest absolute Gasteiger partial charge is 0.206 e. The van der Waals surface area contributed by atoms with Crippen LogP contribution in [0.4, 0.5) is 0 Å². The van der Waals surface area contributed by atoms with Gasteiger partial charge in [-0.05, 0) is 80.3 Å². The quantitative estimate of drug-likeness (QED) is 0.0630. The van der Waals surface area contributed by atoms with Crippen LogP contribution in [0.25, 0.3) is 0 Å². The monoisotopic (exact) mass is 770 g/mol. The average molecular weight is 771 g/mol. The summed E-state index contributed by atoms with van der Waals surface area (Å²) in [4.78, 5) is 11.6. The lowest BCUT2D eigenvalue weighted by Crippen LogP contribution is -2.29. The maximum atomic E-state index is 10.5. The van der Waals surface area contributed by atoms with Gasteiger partial charge in [-0.3, -0.25) is 4.99 Å². The summed E-state index contributed by atoms with van der Waals surface area (Å²) in [5.74, 6) is -2.37. The van der Waals surface area contributed by atoms with E-state index < -0.39 is 34.5 Å². The fourth-order valence-electron chi connectivity index (χ4n) is 6.57. The van der Waals surface area contributed by atoms with E-state index in [-0.39, 0.29) is 34.5 Å². The average Bonchev–Trinajstić information content (AvgIpc) is 3.72. The summed E-state index contributed by atoms with van der Waals surface area (Å²) >= 11 is 2.99. The third-order valence-electron chi connectivity index (χ3n) is 10.1. The first-order valence-corrected chi connectivity index (χ1v) is 19.5. The number of hydrogen-bond acceptors (Lipinski definition) is 12. The minimum atomic E-state index is -0.597. The van der Waals surface area contributed by atoms with E-state index in [4.69, 9.17) is 15.1 Å². The number of phenolic OH excluding ortho intramolecular Hbond substituents is 6. The van der Waals surface area contributed by atoms with Gasteiger partial charge < -0.3 is 30.6 Å². The highest BCUT2D eigenvalue weighted by Crippen LogP contribution is 2.45. The number of nitrogens with zero attached hydrogens (tertiary/aromatic N) is 6. The van der Waals surface area contributed by atoms with Gasteiger partial charge in [0.05, 0.1) is 35.9 Å². The van der Waals surface area contributed by atoms with Crippen molar-refractivity contribution in [3.8, 4) is 34.5 Å². The number of aromatic hydroxyl groups is 6. The summed E-state index contributed by atoms with van der Waals surface area (Å²) in [6.45, 7) is 12.7. The van der Waals surface area contributed by atoms with Crippen LogP contribution in [0.1, 0.15) is 99.5 Å². The Bertz CT molecular complexity index is 2370. The Kier molecular flexibility index (Phi) is 11.1. The number of aromatic nitrogens is 2. The van der Waals surface area contributed by atoms with E-state index in [1.165, 1.54) is 64.9 Å². The van der Waals surface area contributed by atoms with Crippen LogP contribution in [-0.4, -0.2) is 58.5 Å². The Morgan fingerprint density at radius 1 is 0.741 bits per heavy atom. The van der Waals surface area contributed by atoms with Crippen LogP contribution >= 0.6 is 22.7 Å². The Morgan fingerprint density at radius 3 is 1.93 bits per heavy atom. The van der Waals surface area contributed by atoms with Crippen LogP contribution in [0, 0.1) is 12.8 Å². The molecule has 3 aromatic carbocycles. The standard InChI is InChI=1S/C40H46N6O6S2/c1-22(2)24(4)43-38-46(42-19-27-13-16-32(48)37(52)35(27)50)33(21-54-38)40(5,6)17-25-11-14-30(29-10-8-7-9-28(25)29)44-39-45(23(3)20-53-39)41-18-26-12-15-31(47)36(51)34(26)49/h7-10,12-13,15-16,18-22,24-25,30,47-52H,11,14,17H2,1-6H3. The van der Waals surface area contributed by atoms with Crippen molar-refractivity contribution < 1.29 is 30.6 Å². The van der Waals surface area contributed by atoms with E-state index in [1.54, 1.807) is 4.68 Å². The molecule has 1 aliphatic carbocycles. The highest BCUT2D eigenvalue weighted by Gasteiger charge is 2.34. The molecular weight excluding hydrogens is 725 g/mol. The minimum Gasteiger partial charge on any atom is -0.504 e. The second-order valence-corrected chi connectivity index (χ2v) is 16.3. The number of benzene rings is 3. The molecule has 284 valence electrons. The topological polar surface area (TPSA) is 181 Å². The van der Waals surface area contributed by atoms with E-state index in [9.17, 15) is 30.6 Å². The van der Waals surface area contributed by atoms with Crippen LogP contribution in [-0.2, 0) is 5.41 Å². The summed E-state index contributed by atoms with van der Waals surface area (Å²) in [5, 5.41) is 73.8. The first-order chi connectivity index (χ1) is 25.7. The molecule has 0 spiro atoms. The van der Waals surface area contributed by atoms with Crippen molar-refractivity contribution in [2.75, 3.05) is 0 Å². The lowest BCUT2D eigenvalue weighted by Gasteiger charge is -2.35. The fraction of sp³-hybridized carbons (Fsp3) is 0.350. The molecule has 3 unspecified atom stereocenters. The highest BCUT2D eigenvalue weighted by molar-refractivity contribution is 7.07. The molecule has 1 aliphatic rings. The number of rotatable bonds is 10. The predicted molar refractivity (Wildman–Crippen MR) is 212 cm³/mol. The Morgan fingerprint density at radius 2 is 1.31 bits per heavy atom. The lowest BCUT2D eigenvalue weighted by molar-refractivity contribution is 0.361. The van der Waals surface area contributed by atoms with Crippen LogP contribution in [0.5, 0.6) is 34.5 Å². The molecule has 6 rings (SSSR count). The molecule has 14 heteroatoms. The maximum absolute atomic E-state index is 10.5. The number of hydrogen-bond donors (Lipinski definition) is 6. The lowest BCUT2D eigenvalue weighted by atomic mass is 9.71. The van der Waals surface area contributed by atoms with Crippen molar-refractivity contribution in [3.05, 3.63) is 103 Å². The molecule has 0 saturated heterocycles. The molecule has 0 aliphatic heterocycles. The zero-order valence-electron chi connectivity index (χ0n) is 31.0. The highest BCUT2D eigenvalue weighted by atomic mass is 32.1. The SMILES string of the molecule is Cc1csc(=NC2CCC(CC(C)(C)c3csc(=NC(C)C(C)C)n3N=Cc3ccc(O)c(O)c3O)c3ccccc32)n1N=Cc1ccc(O)c(O)c1O. The van der Waals surface area contributed by atoms with Crippen molar-refractivity contribution in [1.29, 1.82) is 0 Å². The Labute approximate surface area is 321 Å². The van der Waals surface area contributed by atoms with Gasteiger partial charge in [-0.2, -0.15) is 10.2 Å². The largest absolute Gasteiger partial charge is 0.504 e. The Hall–Kier alpha value is -5.34. The van der Waals surface area contributed by atoms with E-state index in [2.05, 4.69) is 63.3 Å². The molecule has 3 atom stereocenters. The molecule has 6 N–H and O–H groups in total. The molecule has 0 amide bonds. The first kappa shape index (κ1) is 38.4. The van der Waals surface area contributed by atoms with E-state index in [1.807, 2.05) is 23.0 Å². The summed E-state index contributed by atoms with van der Waals surface area (Å²) in [6.07, 6.45) is 5.45. The molecule has 0 radical (unpaired) electrons. The van der Waals surface area contributed by atoms with Crippen molar-refractivity contribution in [1.82, 2.24) is 9.35 Å². The van der Waals surface area contributed by atoms with Gasteiger partial charge in [0.15, 0.2) is 23.0 Å². The van der Waals surface area contributed by atoms with Crippen LogP contribution < -0.4 is 9.60 Å². The predicted octanol–water partition coefficient (Wildman–Crippen LogP) is 7.55. The van der Waals surface area contributed by atoms with Crippen LogP contribution in [0.2, 0.25) is 0 Å². The van der Waals surface area contributed by atoms with E-state index in [0.717, 1.165) is 41.0 Å². The molecule has 2 heterocycles. The zero-order chi connectivity index (χ0) is 38.9. The third kappa shape index (κ3) is 7.80. The molecule has 2 aromatic heterocycles. The van der Waals surface area contributed by atoms with Crippen LogP contribution in [0.15, 0.2) is 79.5 Å². The number of thiazole rings is 2. The van der Waals surface area contributed by atoms with Crippen LogP contribution in [0.3, 0.4) is 0 Å². The van der Waals surface area contributed by atoms with E-state index in [0.29, 0.717) is 10.7 Å². The molecule has 12 nitrogen and oxygen atoms in total. The number of phenols is 6. The fourth-order valence-corrected chi connectivity index (χ4v) is 8.53. The van der Waals surface area contributed by atoms with Gasteiger partial charge in [-0.15, -0.1) is 22.7 Å². The first-order valence-electron chi connectivity index (χ1n) is 17.8. The second-order valence-electron chi connectivity index (χ2n) is 14.7. The third-order valence-corrected chi connectivity index (χ3v) is 11.8. The summed E-state index contributed by atoms with van der Waals surface area (Å²) in [6, 6.07) is 14.0. The van der Waals surface area contributed by atoms with Crippen molar-refractivity contribution in [3.63, 3.8) is 0 Å². The van der Waals surface area contributed by atoms with Gasteiger partial charge >= 0.3 is 0 Å². The van der Waals surface area contributed by atoms with Gasteiger partial charge in [-0.1, -0.05) is 52.0 Å².